The minimum absolute atomic E-state index is 0.0338. The highest BCUT2D eigenvalue weighted by Gasteiger charge is 2.22. The van der Waals surface area contributed by atoms with Crippen LogP contribution in [0.1, 0.15) is 5.56 Å². The lowest BCUT2D eigenvalue weighted by molar-refractivity contribution is -0.115. The van der Waals surface area contributed by atoms with Crippen molar-refractivity contribution in [1.82, 2.24) is 35.1 Å². The molecule has 204 valence electrons. The van der Waals surface area contributed by atoms with Crippen LogP contribution >= 0.6 is 0 Å². The van der Waals surface area contributed by atoms with Gasteiger partial charge in [0.15, 0.2) is 17.3 Å². The molecular formula is C31H20F2N8O. The number of aromatic amines is 2. The van der Waals surface area contributed by atoms with Gasteiger partial charge in [-0.2, -0.15) is 5.10 Å². The molecule has 0 radical (unpaired) electrons. The summed E-state index contributed by atoms with van der Waals surface area (Å²) in [6.07, 6.45) is 6.21. The fourth-order valence-corrected chi connectivity index (χ4v) is 4.89. The van der Waals surface area contributed by atoms with E-state index in [-0.39, 0.29) is 40.7 Å². The van der Waals surface area contributed by atoms with Gasteiger partial charge in [-0.05, 0) is 35.4 Å². The van der Waals surface area contributed by atoms with Crippen molar-refractivity contribution in [1.29, 1.82) is 0 Å². The number of imidazole rings is 1. The van der Waals surface area contributed by atoms with Crippen LogP contribution in [-0.4, -0.2) is 41.0 Å². The third-order valence-electron chi connectivity index (χ3n) is 6.80. The first-order chi connectivity index (χ1) is 20.5. The van der Waals surface area contributed by atoms with Crippen LogP contribution < -0.4 is 5.32 Å². The highest BCUT2D eigenvalue weighted by molar-refractivity contribution is 5.97. The molecule has 0 saturated heterocycles. The average Bonchev–Trinajstić information content (AvgIpc) is 3.63. The van der Waals surface area contributed by atoms with Crippen LogP contribution in [0.5, 0.6) is 0 Å². The molecule has 0 spiro atoms. The first-order valence-electron chi connectivity index (χ1n) is 13.0. The van der Waals surface area contributed by atoms with Gasteiger partial charge in [0.25, 0.3) is 0 Å². The van der Waals surface area contributed by atoms with Crippen molar-refractivity contribution in [2.24, 2.45) is 0 Å². The van der Waals surface area contributed by atoms with E-state index in [1.54, 1.807) is 30.5 Å². The number of fused-ring (bicyclic) bond motifs is 2. The number of nitrogens with zero attached hydrogens (tertiary/aromatic N) is 5. The number of amides is 1. The molecule has 0 atom stereocenters. The summed E-state index contributed by atoms with van der Waals surface area (Å²) in [5.74, 6) is -0.947. The number of hydrogen-bond acceptors (Lipinski definition) is 6. The highest BCUT2D eigenvalue weighted by Crippen LogP contribution is 2.34. The Morgan fingerprint density at radius 1 is 0.881 bits per heavy atom. The van der Waals surface area contributed by atoms with E-state index in [0.717, 1.165) is 5.56 Å². The Bertz CT molecular complexity index is 2110. The van der Waals surface area contributed by atoms with E-state index in [1.165, 1.54) is 30.7 Å². The molecule has 7 aromatic rings. The molecule has 42 heavy (non-hydrogen) atoms. The molecule has 3 N–H and O–H groups in total. The van der Waals surface area contributed by atoms with E-state index >= 15 is 4.39 Å². The lowest BCUT2D eigenvalue weighted by Crippen LogP contribution is -2.14. The summed E-state index contributed by atoms with van der Waals surface area (Å²) in [4.78, 5) is 33.1. The molecule has 0 aliphatic heterocycles. The number of halogens is 2. The van der Waals surface area contributed by atoms with Gasteiger partial charge in [-0.15, -0.1) is 0 Å². The zero-order valence-electron chi connectivity index (χ0n) is 21.8. The first kappa shape index (κ1) is 25.1. The summed E-state index contributed by atoms with van der Waals surface area (Å²) >= 11 is 0. The first-order valence-corrected chi connectivity index (χ1v) is 13.0. The predicted molar refractivity (Wildman–Crippen MR) is 154 cm³/mol. The number of pyridine rings is 3. The summed E-state index contributed by atoms with van der Waals surface area (Å²) < 4.78 is 30.0. The summed E-state index contributed by atoms with van der Waals surface area (Å²) in [6.45, 7) is 0. The number of rotatable bonds is 6. The van der Waals surface area contributed by atoms with Crippen LogP contribution in [0.3, 0.4) is 0 Å². The predicted octanol–water partition coefficient (Wildman–Crippen LogP) is 6.08. The summed E-state index contributed by atoms with van der Waals surface area (Å²) in [5.41, 5.74) is 4.56. The number of benzene rings is 2. The Hall–Kier alpha value is -5.84. The van der Waals surface area contributed by atoms with Crippen LogP contribution in [0.25, 0.3) is 56.0 Å². The van der Waals surface area contributed by atoms with Gasteiger partial charge in [0, 0.05) is 23.5 Å². The maximum Gasteiger partial charge on any atom is 0.228 e. The van der Waals surface area contributed by atoms with Gasteiger partial charge in [0.1, 0.15) is 17.2 Å². The quantitative estimate of drug-likeness (QED) is 0.227. The molecule has 5 heterocycles. The van der Waals surface area contributed by atoms with E-state index in [9.17, 15) is 9.18 Å². The lowest BCUT2D eigenvalue weighted by Gasteiger charge is -2.08. The van der Waals surface area contributed by atoms with E-state index in [1.807, 2.05) is 30.3 Å². The standard InChI is InChI=1S/C31H20F2N8O/c32-20-8-4-7-18(12-20)22-9-10-35-30-28(22)38-31(39-30)29-25-23(40-41-29)16-36-27(26(25)33)19-13-21(15-34-14-19)37-24(42)11-17-5-2-1-3-6-17/h1-10,12-16H,11H2,(H,37,42)(H,40,41)(H,35,38,39). The van der Waals surface area contributed by atoms with Crippen molar-refractivity contribution in [3.05, 3.63) is 109 Å². The van der Waals surface area contributed by atoms with Crippen LogP contribution in [-0.2, 0) is 11.2 Å². The Morgan fingerprint density at radius 2 is 1.76 bits per heavy atom. The number of hydrogen-bond donors (Lipinski definition) is 3. The van der Waals surface area contributed by atoms with Crippen LogP contribution in [0.15, 0.2) is 91.5 Å². The fourth-order valence-electron chi connectivity index (χ4n) is 4.89. The van der Waals surface area contributed by atoms with E-state index in [0.29, 0.717) is 39.1 Å². The van der Waals surface area contributed by atoms with Gasteiger partial charge in [-0.1, -0.05) is 42.5 Å². The van der Waals surface area contributed by atoms with Gasteiger partial charge < -0.3 is 10.3 Å². The topological polar surface area (TPSA) is 125 Å². The highest BCUT2D eigenvalue weighted by atomic mass is 19.1. The molecule has 7 rings (SSSR count). The minimum atomic E-state index is -0.635. The van der Waals surface area contributed by atoms with Gasteiger partial charge >= 0.3 is 0 Å². The normalized spacial score (nSPS) is 11.3. The Morgan fingerprint density at radius 3 is 2.62 bits per heavy atom. The lowest BCUT2D eigenvalue weighted by atomic mass is 10.1. The zero-order chi connectivity index (χ0) is 28.6. The second-order valence-electron chi connectivity index (χ2n) is 9.61. The smallest absolute Gasteiger partial charge is 0.228 e. The van der Waals surface area contributed by atoms with Crippen molar-refractivity contribution in [3.8, 4) is 33.9 Å². The number of carbonyl (C=O) groups is 1. The largest absolute Gasteiger partial charge is 0.335 e. The van der Waals surface area contributed by atoms with Crippen LogP contribution in [0.2, 0.25) is 0 Å². The van der Waals surface area contributed by atoms with Crippen LogP contribution in [0, 0.1) is 11.6 Å². The molecule has 0 aliphatic carbocycles. The van der Waals surface area contributed by atoms with E-state index in [2.05, 4.69) is 40.4 Å². The van der Waals surface area contributed by atoms with Crippen molar-refractivity contribution < 1.29 is 13.6 Å². The molecule has 5 aromatic heterocycles. The van der Waals surface area contributed by atoms with E-state index in [4.69, 9.17) is 0 Å². The third kappa shape index (κ3) is 4.62. The Labute approximate surface area is 236 Å². The molecule has 9 nitrogen and oxygen atoms in total. The third-order valence-corrected chi connectivity index (χ3v) is 6.80. The van der Waals surface area contributed by atoms with Crippen LogP contribution in [0.4, 0.5) is 14.5 Å². The number of anilines is 1. The SMILES string of the molecule is O=C(Cc1ccccc1)Nc1cncc(-c2ncc3[nH]nc(-c4nc5nccc(-c6cccc(F)c6)c5[nH]4)c3c2F)c1. The summed E-state index contributed by atoms with van der Waals surface area (Å²) in [6, 6.07) is 18.9. The van der Waals surface area contributed by atoms with Gasteiger partial charge in [0.05, 0.1) is 40.9 Å². The number of carbonyl (C=O) groups excluding carboxylic acids is 1. The van der Waals surface area contributed by atoms with Gasteiger partial charge in [0.2, 0.25) is 5.91 Å². The second-order valence-corrected chi connectivity index (χ2v) is 9.61. The molecular weight excluding hydrogens is 538 g/mol. The molecule has 2 aromatic carbocycles. The van der Waals surface area contributed by atoms with Crippen molar-refractivity contribution >= 4 is 33.7 Å². The second kappa shape index (κ2) is 10.3. The minimum Gasteiger partial charge on any atom is -0.335 e. The Balaban J connectivity index is 1.25. The number of nitrogens with one attached hydrogen (secondary N) is 3. The molecule has 0 aliphatic rings. The monoisotopic (exact) mass is 558 g/mol. The fraction of sp³-hybridized carbons (Fsp3) is 0.0323. The van der Waals surface area contributed by atoms with Gasteiger partial charge in [-0.25, -0.2) is 18.7 Å². The molecule has 0 fully saturated rings. The number of aromatic nitrogens is 7. The molecule has 1 amide bonds. The average molecular weight is 559 g/mol. The maximum atomic E-state index is 16.1. The van der Waals surface area contributed by atoms with Gasteiger partial charge in [-0.3, -0.25) is 19.9 Å². The van der Waals surface area contributed by atoms with Crippen molar-refractivity contribution in [3.63, 3.8) is 0 Å². The van der Waals surface area contributed by atoms with Crippen molar-refractivity contribution in [2.75, 3.05) is 5.32 Å². The van der Waals surface area contributed by atoms with Crippen molar-refractivity contribution in [2.45, 2.75) is 6.42 Å². The molecule has 0 saturated carbocycles. The molecule has 0 bridgehead atoms. The maximum absolute atomic E-state index is 16.1. The number of H-pyrrole nitrogens is 2. The summed E-state index contributed by atoms with van der Waals surface area (Å²) in [7, 11) is 0. The molecule has 11 heteroatoms. The zero-order valence-corrected chi connectivity index (χ0v) is 21.8. The summed E-state index contributed by atoms with van der Waals surface area (Å²) in [5, 5.41) is 10.1. The Kier molecular flexibility index (Phi) is 6.16. The van der Waals surface area contributed by atoms with E-state index < -0.39 is 5.82 Å². The molecule has 0 unspecified atom stereocenters.